The highest BCUT2D eigenvalue weighted by Crippen LogP contribution is 2.29. The lowest BCUT2D eigenvalue weighted by Crippen LogP contribution is -2.46. The standard InChI is InChI=1S/C22H26N6O2S2/c29-32(30,18-8-7-17-16-23-25-20(17)15-18)24-9-3-4-10-27-11-13-28(14-12-27)22-19-5-1-2-6-21(19)31-26-22/h1-2,5-8,15-16,24H,3-4,9-14H2,(H,23,25). The fourth-order valence-electron chi connectivity index (χ4n) is 4.12. The quantitative estimate of drug-likeness (QED) is 0.385. The molecule has 0 spiro atoms. The number of nitrogens with zero attached hydrogens (tertiary/aromatic N) is 4. The van der Waals surface area contributed by atoms with Crippen molar-refractivity contribution in [3.8, 4) is 0 Å². The molecule has 8 nitrogen and oxygen atoms in total. The van der Waals surface area contributed by atoms with Gasteiger partial charge in [0, 0.05) is 43.5 Å². The first-order valence-electron chi connectivity index (χ1n) is 10.8. The number of sulfonamides is 1. The number of aromatic amines is 1. The SMILES string of the molecule is O=S(=O)(NCCCCN1CCN(c2nsc3ccccc23)CC1)c1ccc2cn[nH]c2c1. The van der Waals surface area contributed by atoms with Crippen molar-refractivity contribution in [2.75, 3.05) is 44.2 Å². The van der Waals surface area contributed by atoms with E-state index >= 15 is 0 Å². The van der Waals surface area contributed by atoms with Crippen LogP contribution in [0.25, 0.3) is 21.0 Å². The van der Waals surface area contributed by atoms with Crippen LogP contribution in [-0.2, 0) is 10.0 Å². The van der Waals surface area contributed by atoms with Gasteiger partial charge >= 0.3 is 0 Å². The van der Waals surface area contributed by atoms with Gasteiger partial charge in [-0.1, -0.05) is 12.1 Å². The molecule has 2 aromatic carbocycles. The minimum absolute atomic E-state index is 0.264. The number of unbranched alkanes of at least 4 members (excludes halogenated alkanes) is 1. The Balaban J connectivity index is 1.05. The van der Waals surface area contributed by atoms with E-state index in [1.165, 1.54) is 10.1 Å². The van der Waals surface area contributed by atoms with Gasteiger partial charge in [0.1, 0.15) is 5.82 Å². The first kappa shape index (κ1) is 21.3. The number of nitrogens with one attached hydrogen (secondary N) is 2. The summed E-state index contributed by atoms with van der Waals surface area (Å²) in [5.41, 5.74) is 0.720. The molecule has 2 N–H and O–H groups in total. The second-order valence-corrected chi connectivity index (χ2v) is 10.6. The maximum absolute atomic E-state index is 12.5. The number of rotatable bonds is 8. The summed E-state index contributed by atoms with van der Waals surface area (Å²) in [6, 6.07) is 13.4. The molecule has 0 saturated carbocycles. The van der Waals surface area contributed by atoms with Gasteiger partial charge in [-0.25, -0.2) is 13.1 Å². The number of piperazine rings is 1. The molecule has 2 aromatic heterocycles. The van der Waals surface area contributed by atoms with Crippen molar-refractivity contribution >= 4 is 48.4 Å². The second-order valence-electron chi connectivity index (χ2n) is 8.05. The van der Waals surface area contributed by atoms with Crippen molar-refractivity contribution in [3.05, 3.63) is 48.7 Å². The van der Waals surface area contributed by atoms with Gasteiger partial charge in [-0.3, -0.25) is 10.00 Å². The molecular formula is C22H26N6O2S2. The third kappa shape index (κ3) is 4.49. The van der Waals surface area contributed by atoms with E-state index in [4.69, 9.17) is 0 Å². The van der Waals surface area contributed by atoms with Crippen LogP contribution < -0.4 is 9.62 Å². The van der Waals surface area contributed by atoms with E-state index in [9.17, 15) is 8.42 Å². The highest BCUT2D eigenvalue weighted by atomic mass is 32.2. The van der Waals surface area contributed by atoms with E-state index < -0.39 is 10.0 Å². The van der Waals surface area contributed by atoms with Crippen molar-refractivity contribution in [1.29, 1.82) is 0 Å². The molecule has 0 radical (unpaired) electrons. The van der Waals surface area contributed by atoms with E-state index in [0.717, 1.165) is 62.3 Å². The van der Waals surface area contributed by atoms with Gasteiger partial charge in [0.15, 0.2) is 0 Å². The normalized spacial score (nSPS) is 15.7. The van der Waals surface area contributed by atoms with Crippen molar-refractivity contribution in [3.63, 3.8) is 0 Å². The molecule has 4 aromatic rings. The summed E-state index contributed by atoms with van der Waals surface area (Å²) in [6.07, 6.45) is 3.45. The largest absolute Gasteiger partial charge is 0.353 e. The highest BCUT2D eigenvalue weighted by Gasteiger charge is 2.20. The molecule has 3 heterocycles. The molecule has 1 aliphatic rings. The molecule has 10 heteroatoms. The number of fused-ring (bicyclic) bond motifs is 2. The van der Waals surface area contributed by atoms with Crippen LogP contribution in [0, 0.1) is 0 Å². The second kappa shape index (κ2) is 9.14. The zero-order valence-electron chi connectivity index (χ0n) is 17.7. The van der Waals surface area contributed by atoms with E-state index in [1.54, 1.807) is 35.9 Å². The Labute approximate surface area is 191 Å². The molecule has 1 saturated heterocycles. The van der Waals surface area contributed by atoms with Crippen LogP contribution in [0.5, 0.6) is 0 Å². The lowest BCUT2D eigenvalue weighted by molar-refractivity contribution is 0.253. The molecule has 0 amide bonds. The van der Waals surface area contributed by atoms with Gasteiger partial charge in [-0.15, -0.1) is 0 Å². The van der Waals surface area contributed by atoms with Gasteiger partial charge < -0.3 is 4.90 Å². The summed E-state index contributed by atoms with van der Waals surface area (Å²) in [5, 5.41) is 8.88. The third-order valence-corrected chi connectivity index (χ3v) is 8.22. The van der Waals surface area contributed by atoms with E-state index in [0.29, 0.717) is 6.54 Å². The molecule has 168 valence electrons. The van der Waals surface area contributed by atoms with Crippen molar-refractivity contribution in [2.24, 2.45) is 0 Å². The molecule has 1 aliphatic heterocycles. The molecule has 0 aliphatic carbocycles. The van der Waals surface area contributed by atoms with Crippen molar-refractivity contribution in [2.45, 2.75) is 17.7 Å². The van der Waals surface area contributed by atoms with E-state index in [1.807, 2.05) is 0 Å². The van der Waals surface area contributed by atoms with Gasteiger partial charge in [0.05, 0.1) is 21.3 Å². The maximum atomic E-state index is 12.5. The van der Waals surface area contributed by atoms with Crippen LogP contribution in [0.2, 0.25) is 0 Å². The zero-order chi connectivity index (χ0) is 22.0. The first-order chi connectivity index (χ1) is 15.6. The fraction of sp³-hybridized carbons (Fsp3) is 0.364. The van der Waals surface area contributed by atoms with E-state index in [2.05, 4.69) is 53.4 Å². The molecule has 1 fully saturated rings. The van der Waals surface area contributed by atoms with Gasteiger partial charge in [0.2, 0.25) is 10.0 Å². The molecule has 32 heavy (non-hydrogen) atoms. The van der Waals surface area contributed by atoms with Gasteiger partial charge in [-0.2, -0.15) is 9.47 Å². The summed E-state index contributed by atoms with van der Waals surface area (Å²) in [6.45, 7) is 5.36. The van der Waals surface area contributed by atoms with Crippen molar-refractivity contribution < 1.29 is 8.42 Å². The number of anilines is 1. The highest BCUT2D eigenvalue weighted by molar-refractivity contribution is 7.89. The average molecular weight is 471 g/mol. The molecule has 5 rings (SSSR count). The van der Waals surface area contributed by atoms with Crippen molar-refractivity contribution in [1.82, 2.24) is 24.2 Å². The minimum Gasteiger partial charge on any atom is -0.353 e. The number of H-pyrrole nitrogens is 1. The Morgan fingerprint density at radius 2 is 1.91 bits per heavy atom. The van der Waals surface area contributed by atoms with Gasteiger partial charge in [-0.05, 0) is 61.3 Å². The number of benzene rings is 2. The minimum atomic E-state index is -3.51. The van der Waals surface area contributed by atoms with Crippen LogP contribution in [0.4, 0.5) is 5.82 Å². The summed E-state index contributed by atoms with van der Waals surface area (Å²) < 4.78 is 33.7. The number of hydrogen-bond donors (Lipinski definition) is 2. The first-order valence-corrected chi connectivity index (χ1v) is 13.1. The Morgan fingerprint density at radius 1 is 1.06 bits per heavy atom. The number of aromatic nitrogens is 3. The molecule has 0 bridgehead atoms. The molecule has 0 unspecified atom stereocenters. The monoisotopic (exact) mass is 470 g/mol. The average Bonchev–Trinajstić information content (AvgIpc) is 3.46. The summed E-state index contributed by atoms with van der Waals surface area (Å²) in [5.74, 6) is 1.10. The predicted molar refractivity (Wildman–Crippen MR) is 129 cm³/mol. The van der Waals surface area contributed by atoms with Crippen LogP contribution >= 0.6 is 11.5 Å². The molecule has 0 atom stereocenters. The van der Waals surface area contributed by atoms with Crippen LogP contribution in [0.15, 0.2) is 53.6 Å². The Bertz CT molecular complexity index is 1310. The summed E-state index contributed by atoms with van der Waals surface area (Å²) >= 11 is 1.56. The predicted octanol–water partition coefficient (Wildman–Crippen LogP) is 3.05. The zero-order valence-corrected chi connectivity index (χ0v) is 19.3. The summed E-state index contributed by atoms with van der Waals surface area (Å²) in [4.78, 5) is 5.09. The smallest absolute Gasteiger partial charge is 0.240 e. The third-order valence-electron chi connectivity index (χ3n) is 5.95. The van der Waals surface area contributed by atoms with Gasteiger partial charge in [0.25, 0.3) is 0 Å². The maximum Gasteiger partial charge on any atom is 0.240 e. The number of hydrogen-bond acceptors (Lipinski definition) is 7. The Morgan fingerprint density at radius 3 is 2.78 bits per heavy atom. The lowest BCUT2D eigenvalue weighted by Gasteiger charge is -2.35. The summed E-state index contributed by atoms with van der Waals surface area (Å²) in [7, 11) is -3.51. The topological polar surface area (TPSA) is 94.2 Å². The van der Waals surface area contributed by atoms with E-state index in [-0.39, 0.29) is 4.90 Å². The Kier molecular flexibility index (Phi) is 6.09. The fourth-order valence-corrected chi connectivity index (χ4v) is 6.01. The van der Waals surface area contributed by atoms with Crippen LogP contribution in [-0.4, -0.2) is 67.2 Å². The Hall–Kier alpha value is -2.53. The molecular weight excluding hydrogens is 444 g/mol. The lowest BCUT2D eigenvalue weighted by atomic mass is 10.2. The van der Waals surface area contributed by atoms with Crippen LogP contribution in [0.3, 0.4) is 0 Å². The van der Waals surface area contributed by atoms with Crippen LogP contribution in [0.1, 0.15) is 12.8 Å².